The first-order valence-electron chi connectivity index (χ1n) is 9.25. The number of hydrogen-bond donors (Lipinski definition) is 0. The number of aryl methyl sites for hydroxylation is 1. The van der Waals surface area contributed by atoms with E-state index < -0.39 is 0 Å². The number of pyridine rings is 2. The molecule has 26 heavy (non-hydrogen) atoms. The van der Waals surface area contributed by atoms with Gasteiger partial charge in [-0.2, -0.15) is 0 Å². The smallest absolute Gasteiger partial charge is 0.161 e. The fourth-order valence-corrected chi connectivity index (χ4v) is 3.61. The number of hydrogen-bond acceptors (Lipinski definition) is 4. The Hall–Kier alpha value is -2.75. The van der Waals surface area contributed by atoms with E-state index in [0.717, 1.165) is 46.5 Å². The second-order valence-electron chi connectivity index (χ2n) is 7.09. The van der Waals surface area contributed by atoms with Gasteiger partial charge in [-0.15, -0.1) is 0 Å². The molecule has 0 amide bonds. The fraction of sp³-hybridized carbons (Fsp3) is 0.318. The monoisotopic (exact) mass is 345 g/mol. The zero-order valence-corrected chi connectivity index (χ0v) is 15.3. The molecule has 132 valence electrons. The minimum Gasteiger partial charge on any atom is -0.371 e. The fourth-order valence-electron chi connectivity index (χ4n) is 3.61. The van der Waals surface area contributed by atoms with Crippen LogP contribution in [0, 0.1) is 6.92 Å². The van der Waals surface area contributed by atoms with Crippen LogP contribution in [0.1, 0.15) is 42.1 Å². The highest BCUT2D eigenvalue weighted by Gasteiger charge is 2.17. The first-order valence-corrected chi connectivity index (χ1v) is 9.25. The molecule has 4 nitrogen and oxygen atoms in total. The van der Waals surface area contributed by atoms with Gasteiger partial charge < -0.3 is 4.90 Å². The number of carbonyl (C=O) groups is 1. The Morgan fingerprint density at radius 3 is 2.46 bits per heavy atom. The van der Waals surface area contributed by atoms with E-state index >= 15 is 0 Å². The van der Waals surface area contributed by atoms with Gasteiger partial charge in [0.2, 0.25) is 0 Å². The lowest BCUT2D eigenvalue weighted by Crippen LogP contribution is -2.29. The molecule has 1 aromatic carbocycles. The molecular formula is C22H23N3O. The number of nitrogens with zero attached hydrogens (tertiary/aromatic N) is 3. The minimum absolute atomic E-state index is 0.0779. The van der Waals surface area contributed by atoms with E-state index in [1.807, 2.05) is 30.5 Å². The molecule has 2 aromatic heterocycles. The van der Waals surface area contributed by atoms with Crippen molar-refractivity contribution >= 4 is 22.5 Å². The van der Waals surface area contributed by atoms with Crippen LogP contribution in [-0.4, -0.2) is 28.8 Å². The van der Waals surface area contributed by atoms with Gasteiger partial charge in [-0.05, 0) is 50.8 Å². The average Bonchev–Trinajstić information content (AvgIpc) is 2.68. The third-order valence-electron chi connectivity index (χ3n) is 5.06. The third kappa shape index (κ3) is 3.19. The number of piperidine rings is 1. The molecule has 0 aliphatic carbocycles. The predicted octanol–water partition coefficient (Wildman–Crippen LogP) is 4.80. The SMILES string of the molecule is CC(=O)c1ccc(-c2cc(N3CCCCC3)c3cc(C)cnc3n2)cc1. The zero-order chi connectivity index (χ0) is 18.1. The van der Waals surface area contributed by atoms with Crippen LogP contribution in [0.15, 0.2) is 42.6 Å². The Balaban J connectivity index is 1.85. The number of fused-ring (bicyclic) bond motifs is 1. The van der Waals surface area contributed by atoms with Crippen LogP contribution in [0.3, 0.4) is 0 Å². The highest BCUT2D eigenvalue weighted by molar-refractivity contribution is 5.95. The highest BCUT2D eigenvalue weighted by Crippen LogP contribution is 2.32. The molecule has 0 atom stereocenters. The molecule has 1 aliphatic rings. The Bertz CT molecular complexity index is 957. The van der Waals surface area contributed by atoms with Gasteiger partial charge in [0.05, 0.1) is 5.69 Å². The predicted molar refractivity (Wildman–Crippen MR) is 106 cm³/mol. The van der Waals surface area contributed by atoms with Crippen LogP contribution in [0.4, 0.5) is 5.69 Å². The van der Waals surface area contributed by atoms with Gasteiger partial charge in [-0.1, -0.05) is 24.3 Å². The topological polar surface area (TPSA) is 46.1 Å². The molecule has 0 unspecified atom stereocenters. The molecular weight excluding hydrogens is 322 g/mol. The molecule has 0 N–H and O–H groups in total. The molecule has 1 fully saturated rings. The lowest BCUT2D eigenvalue weighted by molar-refractivity contribution is 0.101. The summed E-state index contributed by atoms with van der Waals surface area (Å²) in [6.07, 6.45) is 5.63. The van der Waals surface area contributed by atoms with Crippen molar-refractivity contribution < 1.29 is 4.79 Å². The van der Waals surface area contributed by atoms with Crippen molar-refractivity contribution in [3.8, 4) is 11.3 Å². The van der Waals surface area contributed by atoms with E-state index in [1.165, 1.54) is 24.9 Å². The molecule has 0 radical (unpaired) electrons. The average molecular weight is 345 g/mol. The summed E-state index contributed by atoms with van der Waals surface area (Å²) in [7, 11) is 0. The van der Waals surface area contributed by atoms with Crippen LogP contribution >= 0.6 is 0 Å². The van der Waals surface area contributed by atoms with Crippen molar-refractivity contribution in [1.29, 1.82) is 0 Å². The summed E-state index contributed by atoms with van der Waals surface area (Å²) in [5.41, 5.74) is 5.79. The largest absolute Gasteiger partial charge is 0.371 e. The Labute approximate surface area is 153 Å². The summed E-state index contributed by atoms with van der Waals surface area (Å²) in [5.74, 6) is 0.0779. The summed E-state index contributed by atoms with van der Waals surface area (Å²) in [4.78, 5) is 23.4. The van der Waals surface area contributed by atoms with Gasteiger partial charge in [0.15, 0.2) is 11.4 Å². The van der Waals surface area contributed by atoms with Crippen molar-refractivity contribution in [1.82, 2.24) is 9.97 Å². The van der Waals surface area contributed by atoms with Gasteiger partial charge in [-0.25, -0.2) is 9.97 Å². The van der Waals surface area contributed by atoms with Crippen LogP contribution < -0.4 is 4.90 Å². The van der Waals surface area contributed by atoms with E-state index in [9.17, 15) is 4.79 Å². The van der Waals surface area contributed by atoms with Crippen molar-refractivity contribution in [3.63, 3.8) is 0 Å². The van der Waals surface area contributed by atoms with Crippen molar-refractivity contribution in [2.75, 3.05) is 18.0 Å². The summed E-state index contributed by atoms with van der Waals surface area (Å²) in [5, 5.41) is 1.12. The Morgan fingerprint density at radius 2 is 1.77 bits per heavy atom. The number of aromatic nitrogens is 2. The Morgan fingerprint density at radius 1 is 1.04 bits per heavy atom. The van der Waals surface area contributed by atoms with Crippen molar-refractivity contribution in [2.45, 2.75) is 33.1 Å². The van der Waals surface area contributed by atoms with Crippen LogP contribution in [0.5, 0.6) is 0 Å². The molecule has 1 aliphatic heterocycles. The number of anilines is 1. The standard InChI is InChI=1S/C22H23N3O/c1-15-12-19-21(25-10-4-3-5-11-25)13-20(24-22(19)23-14-15)18-8-6-17(7-9-18)16(2)26/h6-9,12-14H,3-5,10-11H2,1-2H3. The van der Waals surface area contributed by atoms with E-state index in [0.29, 0.717) is 0 Å². The Kier molecular flexibility index (Phi) is 4.41. The lowest BCUT2D eigenvalue weighted by Gasteiger charge is -2.30. The van der Waals surface area contributed by atoms with Gasteiger partial charge in [0.25, 0.3) is 0 Å². The van der Waals surface area contributed by atoms with E-state index in [-0.39, 0.29) is 5.78 Å². The minimum atomic E-state index is 0.0779. The number of carbonyl (C=O) groups excluding carboxylic acids is 1. The molecule has 0 spiro atoms. The maximum atomic E-state index is 11.5. The first-order chi connectivity index (χ1) is 12.6. The third-order valence-corrected chi connectivity index (χ3v) is 5.06. The van der Waals surface area contributed by atoms with Gasteiger partial charge in [0.1, 0.15) is 0 Å². The molecule has 4 rings (SSSR count). The second-order valence-corrected chi connectivity index (χ2v) is 7.09. The molecule has 3 heterocycles. The molecule has 4 heteroatoms. The van der Waals surface area contributed by atoms with Gasteiger partial charge >= 0.3 is 0 Å². The quantitative estimate of drug-likeness (QED) is 0.640. The summed E-state index contributed by atoms with van der Waals surface area (Å²) in [6, 6.07) is 12.0. The van der Waals surface area contributed by atoms with Crippen LogP contribution in [0.25, 0.3) is 22.3 Å². The molecule has 3 aromatic rings. The maximum Gasteiger partial charge on any atom is 0.161 e. The summed E-state index contributed by atoms with van der Waals surface area (Å²) >= 11 is 0. The normalized spacial score (nSPS) is 14.6. The van der Waals surface area contributed by atoms with Gasteiger partial charge in [-0.3, -0.25) is 4.79 Å². The van der Waals surface area contributed by atoms with Crippen LogP contribution in [0.2, 0.25) is 0 Å². The molecule has 0 bridgehead atoms. The van der Waals surface area contributed by atoms with Crippen molar-refractivity contribution in [2.24, 2.45) is 0 Å². The molecule has 1 saturated heterocycles. The van der Waals surface area contributed by atoms with Crippen molar-refractivity contribution in [3.05, 3.63) is 53.7 Å². The highest BCUT2D eigenvalue weighted by atomic mass is 16.1. The summed E-state index contributed by atoms with van der Waals surface area (Å²) in [6.45, 7) is 5.82. The number of benzene rings is 1. The van der Waals surface area contributed by atoms with E-state index in [2.05, 4.69) is 28.9 Å². The number of ketones is 1. The lowest BCUT2D eigenvalue weighted by atomic mass is 10.0. The maximum absolute atomic E-state index is 11.5. The van der Waals surface area contributed by atoms with Gasteiger partial charge in [0, 0.05) is 41.5 Å². The number of Topliss-reactive ketones (excluding diaryl/α,β-unsaturated/α-hetero) is 1. The van der Waals surface area contributed by atoms with Crippen LogP contribution in [-0.2, 0) is 0 Å². The number of rotatable bonds is 3. The molecule has 0 saturated carbocycles. The first kappa shape index (κ1) is 16.7. The summed E-state index contributed by atoms with van der Waals surface area (Å²) < 4.78 is 0. The van der Waals surface area contributed by atoms with E-state index in [4.69, 9.17) is 4.98 Å². The second kappa shape index (κ2) is 6.87. The zero-order valence-electron chi connectivity index (χ0n) is 15.3. The van der Waals surface area contributed by atoms with E-state index in [1.54, 1.807) is 6.92 Å².